The minimum absolute atomic E-state index is 0.201. The summed E-state index contributed by atoms with van der Waals surface area (Å²) in [5.41, 5.74) is 0.702. The maximum Gasteiger partial charge on any atom is 0.326 e. The first-order valence-corrected chi connectivity index (χ1v) is 6.90. The number of hydrogen-bond acceptors (Lipinski definition) is 4. The quantitative estimate of drug-likeness (QED) is 0.783. The summed E-state index contributed by atoms with van der Waals surface area (Å²) in [4.78, 5) is 26.8. The molecule has 1 rings (SSSR count). The van der Waals surface area contributed by atoms with Crippen molar-refractivity contribution in [3.05, 3.63) is 22.2 Å². The summed E-state index contributed by atoms with van der Waals surface area (Å²) in [6, 6.07) is -0.852. The minimum Gasteiger partial charge on any atom is -0.480 e. The lowest BCUT2D eigenvalue weighted by molar-refractivity contribution is -0.141. The Balaban J connectivity index is 2.57. The fourth-order valence-electron chi connectivity index (χ4n) is 1.53. The van der Waals surface area contributed by atoms with E-state index in [1.807, 2.05) is 26.2 Å². The fourth-order valence-corrected chi connectivity index (χ4v) is 2.11. The van der Waals surface area contributed by atoms with Gasteiger partial charge in [0.2, 0.25) is 5.91 Å². The van der Waals surface area contributed by atoms with Crippen molar-refractivity contribution in [1.82, 2.24) is 10.3 Å². The fraction of sp³-hybridized carbons (Fsp3) is 0.462. The molecule has 2 N–H and O–H groups in total. The summed E-state index contributed by atoms with van der Waals surface area (Å²) < 4.78 is 0. The van der Waals surface area contributed by atoms with Gasteiger partial charge in [0.15, 0.2) is 0 Å². The number of aromatic nitrogens is 1. The third-order valence-corrected chi connectivity index (χ3v) is 3.16. The number of carboxylic acid groups (broad SMARTS) is 1. The lowest BCUT2D eigenvalue weighted by Crippen LogP contribution is -2.40. The summed E-state index contributed by atoms with van der Waals surface area (Å²) in [5, 5.41) is 14.2. The van der Waals surface area contributed by atoms with E-state index < -0.39 is 17.9 Å². The number of hydrogen-bond donors (Lipinski definition) is 2. The first-order chi connectivity index (χ1) is 8.88. The summed E-state index contributed by atoms with van der Waals surface area (Å²) in [7, 11) is 0. The Bertz CT molecular complexity index is 480. The molecule has 1 unspecified atom stereocenters. The highest BCUT2D eigenvalue weighted by Crippen LogP contribution is 2.09. The maximum absolute atomic E-state index is 11.6. The number of carbonyl (C=O) groups is 2. The van der Waals surface area contributed by atoms with Crippen molar-refractivity contribution in [2.75, 3.05) is 0 Å². The molecule has 0 aliphatic rings. The van der Waals surface area contributed by atoms with Crippen LogP contribution in [-0.4, -0.2) is 28.0 Å². The van der Waals surface area contributed by atoms with Crippen molar-refractivity contribution < 1.29 is 14.7 Å². The standard InChI is InChI=1S/C13H18N2O3S/c1-8(2)6-11(13(17)18)15-12(16)5-4-10-7-19-9(3)14-10/h4-5,7-8,11H,6H2,1-3H3,(H,15,16)(H,17,18)/b5-4+. The van der Waals surface area contributed by atoms with Crippen molar-refractivity contribution in [2.45, 2.75) is 33.2 Å². The molecule has 6 heteroatoms. The van der Waals surface area contributed by atoms with Gasteiger partial charge in [-0.2, -0.15) is 0 Å². The van der Waals surface area contributed by atoms with Gasteiger partial charge in [-0.15, -0.1) is 11.3 Å². The molecule has 1 amide bonds. The zero-order chi connectivity index (χ0) is 14.4. The molecule has 1 atom stereocenters. The summed E-state index contributed by atoms with van der Waals surface area (Å²) in [6.07, 6.45) is 3.29. The Morgan fingerprint density at radius 3 is 2.68 bits per heavy atom. The maximum atomic E-state index is 11.6. The number of nitrogens with zero attached hydrogens (tertiary/aromatic N) is 1. The topological polar surface area (TPSA) is 79.3 Å². The number of carbonyl (C=O) groups excluding carboxylic acids is 1. The van der Waals surface area contributed by atoms with Crippen LogP contribution in [0.2, 0.25) is 0 Å². The SMILES string of the molecule is Cc1nc(/C=C/C(=O)NC(CC(C)C)C(=O)O)cs1. The van der Waals surface area contributed by atoms with Crippen LogP contribution >= 0.6 is 11.3 Å². The number of carboxylic acids is 1. The van der Waals surface area contributed by atoms with Crippen LogP contribution in [0.4, 0.5) is 0 Å². The predicted octanol–water partition coefficient (Wildman–Crippen LogP) is 2.08. The Morgan fingerprint density at radius 2 is 2.21 bits per heavy atom. The van der Waals surface area contributed by atoms with E-state index in [0.29, 0.717) is 12.1 Å². The van der Waals surface area contributed by atoms with Crippen molar-refractivity contribution in [3.63, 3.8) is 0 Å². The molecule has 0 aliphatic carbocycles. The van der Waals surface area contributed by atoms with Crippen molar-refractivity contribution in [2.24, 2.45) is 5.92 Å². The Morgan fingerprint density at radius 1 is 1.53 bits per heavy atom. The minimum atomic E-state index is -1.01. The van der Waals surface area contributed by atoms with Crippen LogP contribution in [0.25, 0.3) is 6.08 Å². The van der Waals surface area contributed by atoms with Gasteiger partial charge in [-0.25, -0.2) is 9.78 Å². The zero-order valence-corrected chi connectivity index (χ0v) is 12.0. The highest BCUT2D eigenvalue weighted by atomic mass is 32.1. The van der Waals surface area contributed by atoms with E-state index in [0.717, 1.165) is 5.01 Å². The van der Waals surface area contributed by atoms with Crippen LogP contribution in [0.15, 0.2) is 11.5 Å². The molecule has 0 aliphatic heterocycles. The van der Waals surface area contributed by atoms with E-state index in [1.54, 1.807) is 6.08 Å². The average Bonchev–Trinajstić information content (AvgIpc) is 2.71. The van der Waals surface area contributed by atoms with E-state index in [4.69, 9.17) is 5.11 Å². The number of nitrogens with one attached hydrogen (secondary N) is 1. The summed E-state index contributed by atoms with van der Waals surface area (Å²) in [5.74, 6) is -1.23. The monoisotopic (exact) mass is 282 g/mol. The molecule has 0 radical (unpaired) electrons. The van der Waals surface area contributed by atoms with Crippen LogP contribution in [0.3, 0.4) is 0 Å². The van der Waals surface area contributed by atoms with E-state index in [1.165, 1.54) is 17.4 Å². The third kappa shape index (κ3) is 5.65. The third-order valence-electron chi connectivity index (χ3n) is 2.36. The Labute approximate surface area is 116 Å². The van der Waals surface area contributed by atoms with Gasteiger partial charge in [-0.3, -0.25) is 4.79 Å². The Hall–Kier alpha value is -1.69. The van der Waals surface area contributed by atoms with E-state index in [9.17, 15) is 9.59 Å². The number of aryl methyl sites for hydroxylation is 1. The Kier molecular flexibility index (Phi) is 5.69. The molecule has 0 bridgehead atoms. The molecule has 0 spiro atoms. The lowest BCUT2D eigenvalue weighted by Gasteiger charge is -2.15. The van der Waals surface area contributed by atoms with Crippen molar-refractivity contribution in [3.8, 4) is 0 Å². The number of rotatable bonds is 6. The first kappa shape index (κ1) is 15.4. The second kappa shape index (κ2) is 7.04. The summed E-state index contributed by atoms with van der Waals surface area (Å²) in [6.45, 7) is 5.71. The predicted molar refractivity (Wildman–Crippen MR) is 74.9 cm³/mol. The van der Waals surface area contributed by atoms with E-state index >= 15 is 0 Å². The molecule has 1 aromatic rings. The molecular weight excluding hydrogens is 264 g/mol. The molecule has 1 aromatic heterocycles. The number of thiazole rings is 1. The van der Waals surface area contributed by atoms with Gasteiger partial charge in [-0.1, -0.05) is 13.8 Å². The second-order valence-corrected chi connectivity index (χ2v) is 5.72. The van der Waals surface area contributed by atoms with Gasteiger partial charge in [0.05, 0.1) is 10.7 Å². The van der Waals surface area contributed by atoms with Gasteiger partial charge in [0.25, 0.3) is 0 Å². The zero-order valence-electron chi connectivity index (χ0n) is 11.2. The molecule has 0 saturated heterocycles. The van der Waals surface area contributed by atoms with Crippen LogP contribution in [0.5, 0.6) is 0 Å². The van der Waals surface area contributed by atoms with Gasteiger partial charge in [-0.05, 0) is 25.3 Å². The highest BCUT2D eigenvalue weighted by molar-refractivity contribution is 7.09. The first-order valence-electron chi connectivity index (χ1n) is 6.02. The second-order valence-electron chi connectivity index (χ2n) is 4.65. The van der Waals surface area contributed by atoms with Gasteiger partial charge < -0.3 is 10.4 Å². The molecule has 104 valence electrons. The molecule has 1 heterocycles. The van der Waals surface area contributed by atoms with Gasteiger partial charge >= 0.3 is 5.97 Å². The number of aliphatic carboxylic acids is 1. The molecular formula is C13H18N2O3S. The number of amides is 1. The van der Waals surface area contributed by atoms with Crippen molar-refractivity contribution >= 4 is 29.3 Å². The van der Waals surface area contributed by atoms with Gasteiger partial charge in [0.1, 0.15) is 6.04 Å². The molecule has 0 aromatic carbocycles. The largest absolute Gasteiger partial charge is 0.480 e. The highest BCUT2D eigenvalue weighted by Gasteiger charge is 2.19. The summed E-state index contributed by atoms with van der Waals surface area (Å²) >= 11 is 1.50. The van der Waals surface area contributed by atoms with E-state index in [-0.39, 0.29) is 5.92 Å². The normalized spacial score (nSPS) is 12.8. The smallest absolute Gasteiger partial charge is 0.326 e. The molecule has 0 fully saturated rings. The van der Waals surface area contributed by atoms with Crippen molar-refractivity contribution in [1.29, 1.82) is 0 Å². The van der Waals surface area contributed by atoms with Crippen LogP contribution < -0.4 is 5.32 Å². The molecule has 0 saturated carbocycles. The van der Waals surface area contributed by atoms with Crippen LogP contribution in [0, 0.1) is 12.8 Å². The van der Waals surface area contributed by atoms with E-state index in [2.05, 4.69) is 10.3 Å². The molecule has 19 heavy (non-hydrogen) atoms. The van der Waals surface area contributed by atoms with Gasteiger partial charge in [0, 0.05) is 11.5 Å². The lowest BCUT2D eigenvalue weighted by atomic mass is 10.0. The average molecular weight is 282 g/mol. The molecule has 5 nitrogen and oxygen atoms in total. The van der Waals surface area contributed by atoms with Crippen LogP contribution in [0.1, 0.15) is 31.0 Å². The van der Waals surface area contributed by atoms with Crippen LogP contribution in [-0.2, 0) is 9.59 Å².